The quantitative estimate of drug-likeness (QED) is 0.816. The van der Waals surface area contributed by atoms with E-state index < -0.39 is 16.0 Å². The van der Waals surface area contributed by atoms with Crippen molar-refractivity contribution in [3.05, 3.63) is 52.0 Å². The number of ether oxygens (including phenoxy) is 1. The summed E-state index contributed by atoms with van der Waals surface area (Å²) < 4.78 is 44.8. The highest BCUT2D eigenvalue weighted by Crippen LogP contribution is 2.22. The molecule has 1 aromatic heterocycles. The summed E-state index contributed by atoms with van der Waals surface area (Å²) >= 11 is 0.988. The van der Waals surface area contributed by atoms with Gasteiger partial charge in [-0.05, 0) is 29.5 Å². The van der Waals surface area contributed by atoms with Crippen LogP contribution in [0.25, 0.3) is 0 Å². The Bertz CT molecular complexity index is 771. The fourth-order valence-corrected chi connectivity index (χ4v) is 4.21. The van der Waals surface area contributed by atoms with Gasteiger partial charge in [0, 0.05) is 6.54 Å². The molecule has 1 heterocycles. The molecule has 0 unspecified atom stereocenters. The smallest absolute Gasteiger partial charge is 0.349 e. The molecule has 8 heteroatoms. The third-order valence-electron chi connectivity index (χ3n) is 2.93. The Hall–Kier alpha value is -1.77. The zero-order valence-electron chi connectivity index (χ0n) is 11.7. The average molecular weight is 343 g/mol. The first-order chi connectivity index (χ1) is 10.5. The average Bonchev–Trinajstić information content (AvgIpc) is 2.99. The van der Waals surface area contributed by atoms with Crippen LogP contribution in [0.5, 0.6) is 0 Å². The van der Waals surface area contributed by atoms with E-state index in [1.165, 1.54) is 24.6 Å². The van der Waals surface area contributed by atoms with Crippen molar-refractivity contribution in [1.29, 1.82) is 0 Å². The van der Waals surface area contributed by atoms with Gasteiger partial charge in [0.1, 0.15) is 15.6 Å². The summed E-state index contributed by atoms with van der Waals surface area (Å²) in [5.41, 5.74) is 0.420. The maximum atomic E-state index is 13.5. The van der Waals surface area contributed by atoms with E-state index in [1.807, 2.05) is 0 Å². The fraction of sp³-hybridized carbons (Fsp3) is 0.214. The molecule has 0 aliphatic carbocycles. The van der Waals surface area contributed by atoms with Gasteiger partial charge in [-0.2, -0.15) is 0 Å². The molecule has 0 aliphatic heterocycles. The molecule has 2 aromatic rings. The molecule has 0 amide bonds. The molecule has 118 valence electrons. The Morgan fingerprint density at radius 1 is 1.32 bits per heavy atom. The van der Waals surface area contributed by atoms with Gasteiger partial charge in [-0.25, -0.2) is 22.3 Å². The van der Waals surface area contributed by atoms with Crippen molar-refractivity contribution in [2.45, 2.75) is 11.3 Å². The third-order valence-corrected chi connectivity index (χ3v) is 5.46. The molecule has 0 saturated heterocycles. The molecule has 0 fully saturated rings. The molecule has 1 N–H and O–H groups in total. The Morgan fingerprint density at radius 2 is 2.05 bits per heavy atom. The van der Waals surface area contributed by atoms with Crippen molar-refractivity contribution in [3.63, 3.8) is 0 Å². The lowest BCUT2D eigenvalue weighted by Crippen LogP contribution is -2.27. The second-order valence-corrected chi connectivity index (χ2v) is 7.00. The first-order valence-electron chi connectivity index (χ1n) is 6.34. The van der Waals surface area contributed by atoms with Crippen molar-refractivity contribution in [1.82, 2.24) is 4.72 Å². The van der Waals surface area contributed by atoms with Gasteiger partial charge >= 0.3 is 5.97 Å². The van der Waals surface area contributed by atoms with Crippen molar-refractivity contribution in [3.8, 4) is 0 Å². The zero-order valence-corrected chi connectivity index (χ0v) is 13.3. The highest BCUT2D eigenvalue weighted by Gasteiger charge is 2.24. The van der Waals surface area contributed by atoms with E-state index in [4.69, 9.17) is 0 Å². The lowest BCUT2D eigenvalue weighted by Gasteiger charge is -2.07. The van der Waals surface area contributed by atoms with Crippen LogP contribution in [0.2, 0.25) is 0 Å². The molecule has 5 nitrogen and oxygen atoms in total. The number of halogens is 1. The topological polar surface area (TPSA) is 72.5 Å². The zero-order chi connectivity index (χ0) is 16.2. The number of thiophene rings is 1. The van der Waals surface area contributed by atoms with Crippen molar-refractivity contribution in [2.24, 2.45) is 0 Å². The van der Waals surface area contributed by atoms with Gasteiger partial charge in [-0.1, -0.05) is 18.2 Å². The van der Waals surface area contributed by atoms with Crippen molar-refractivity contribution in [2.75, 3.05) is 13.7 Å². The summed E-state index contributed by atoms with van der Waals surface area (Å²) in [6.07, 6.45) is 0.212. The lowest BCUT2D eigenvalue weighted by molar-refractivity contribution is 0.0602. The van der Waals surface area contributed by atoms with Crippen LogP contribution in [0, 0.1) is 5.82 Å². The van der Waals surface area contributed by atoms with Crippen molar-refractivity contribution < 1.29 is 22.3 Å². The molecule has 22 heavy (non-hydrogen) atoms. The minimum Gasteiger partial charge on any atom is -0.465 e. The molecule has 2 rings (SSSR count). The number of sulfonamides is 1. The highest BCUT2D eigenvalue weighted by atomic mass is 32.2. The van der Waals surface area contributed by atoms with Gasteiger partial charge in [0.25, 0.3) is 0 Å². The van der Waals surface area contributed by atoms with E-state index in [1.54, 1.807) is 18.2 Å². The van der Waals surface area contributed by atoms with Crippen LogP contribution in [-0.2, 0) is 21.2 Å². The Balaban J connectivity index is 2.08. The number of esters is 1. The van der Waals surface area contributed by atoms with E-state index >= 15 is 0 Å². The number of rotatable bonds is 6. The first-order valence-corrected chi connectivity index (χ1v) is 8.71. The molecular formula is C14H14FNO4S2. The maximum Gasteiger partial charge on any atom is 0.349 e. The normalized spacial score (nSPS) is 11.4. The van der Waals surface area contributed by atoms with Crippen LogP contribution in [-0.4, -0.2) is 28.0 Å². The number of methoxy groups -OCH3 is 1. The van der Waals surface area contributed by atoms with Crippen molar-refractivity contribution >= 4 is 27.3 Å². The van der Waals surface area contributed by atoms with Crippen LogP contribution in [0.3, 0.4) is 0 Å². The van der Waals surface area contributed by atoms with Crippen LogP contribution >= 0.6 is 11.3 Å². The van der Waals surface area contributed by atoms with E-state index in [-0.39, 0.29) is 28.6 Å². The van der Waals surface area contributed by atoms with Crippen LogP contribution in [0.1, 0.15) is 15.2 Å². The summed E-state index contributed by atoms with van der Waals surface area (Å²) in [6.45, 7) is 0.0275. The second kappa shape index (κ2) is 6.99. The number of nitrogens with one attached hydrogen (secondary N) is 1. The van der Waals surface area contributed by atoms with Gasteiger partial charge in [0.2, 0.25) is 10.0 Å². The van der Waals surface area contributed by atoms with Gasteiger partial charge < -0.3 is 4.74 Å². The van der Waals surface area contributed by atoms with Gasteiger partial charge in [0.05, 0.1) is 7.11 Å². The number of hydrogen-bond donors (Lipinski definition) is 1. The molecular weight excluding hydrogens is 329 g/mol. The third kappa shape index (κ3) is 3.70. The predicted octanol–water partition coefficient (Wildman–Crippen LogP) is 2.19. The van der Waals surface area contributed by atoms with Gasteiger partial charge in [0.15, 0.2) is 0 Å². The van der Waals surface area contributed by atoms with E-state index in [0.717, 1.165) is 11.3 Å². The highest BCUT2D eigenvalue weighted by molar-refractivity contribution is 7.89. The SMILES string of the molecule is COC(=O)c1sccc1S(=O)(=O)NCCc1ccccc1F. The molecule has 0 saturated carbocycles. The van der Waals surface area contributed by atoms with E-state index in [0.29, 0.717) is 5.56 Å². The van der Waals surface area contributed by atoms with Gasteiger partial charge in [-0.3, -0.25) is 0 Å². The molecule has 0 atom stereocenters. The Kier molecular flexibility index (Phi) is 5.28. The summed E-state index contributed by atoms with van der Waals surface area (Å²) in [5.74, 6) is -1.09. The first kappa shape index (κ1) is 16.6. The Morgan fingerprint density at radius 3 is 2.73 bits per heavy atom. The van der Waals surface area contributed by atoms with Crippen LogP contribution < -0.4 is 4.72 Å². The summed E-state index contributed by atoms with van der Waals surface area (Å²) in [5, 5.41) is 1.50. The van der Waals surface area contributed by atoms with Crippen LogP contribution in [0.15, 0.2) is 40.6 Å². The molecule has 0 spiro atoms. The number of hydrogen-bond acceptors (Lipinski definition) is 5. The molecule has 0 radical (unpaired) electrons. The maximum absolute atomic E-state index is 13.5. The summed E-state index contributed by atoms with van der Waals surface area (Å²) in [6, 6.07) is 7.49. The predicted molar refractivity (Wildman–Crippen MR) is 81.0 cm³/mol. The van der Waals surface area contributed by atoms with E-state index in [9.17, 15) is 17.6 Å². The second-order valence-electron chi connectivity index (χ2n) is 4.34. The largest absolute Gasteiger partial charge is 0.465 e. The van der Waals surface area contributed by atoms with Gasteiger partial charge in [-0.15, -0.1) is 11.3 Å². The number of carbonyl (C=O) groups is 1. The Labute approximate surface area is 131 Å². The lowest BCUT2D eigenvalue weighted by atomic mass is 10.1. The van der Waals surface area contributed by atoms with Crippen LogP contribution in [0.4, 0.5) is 4.39 Å². The van der Waals surface area contributed by atoms with E-state index in [2.05, 4.69) is 9.46 Å². The number of benzene rings is 1. The standard InChI is InChI=1S/C14H14FNO4S2/c1-20-14(17)13-12(7-9-21-13)22(18,19)16-8-6-10-4-2-3-5-11(10)15/h2-5,7,9,16H,6,8H2,1H3. The molecule has 0 aliphatic rings. The minimum atomic E-state index is -3.85. The fourth-order valence-electron chi connectivity index (χ4n) is 1.85. The summed E-state index contributed by atoms with van der Waals surface area (Å²) in [4.78, 5) is 11.4. The summed E-state index contributed by atoms with van der Waals surface area (Å²) in [7, 11) is -2.66. The molecule has 0 bridgehead atoms. The molecule has 1 aromatic carbocycles. The monoisotopic (exact) mass is 343 g/mol. The minimum absolute atomic E-state index is 0.0147. The number of carbonyl (C=O) groups excluding carboxylic acids is 1.